The van der Waals surface area contributed by atoms with Crippen LogP contribution in [0.2, 0.25) is 0 Å². The fourth-order valence-corrected chi connectivity index (χ4v) is 2.61. The topological polar surface area (TPSA) is 49.8 Å². The number of halogens is 3. The Labute approximate surface area is 105 Å². The Morgan fingerprint density at radius 2 is 1.89 bits per heavy atom. The molecule has 0 aliphatic heterocycles. The minimum Gasteiger partial charge on any atom is -0.397 e. The van der Waals surface area contributed by atoms with E-state index in [9.17, 15) is 13.2 Å². The maximum Gasteiger partial charge on any atom is 0.195 e. The Bertz CT molecular complexity index is 671. The number of benzene rings is 1. The highest BCUT2D eigenvalue weighted by Gasteiger charge is 2.20. The Morgan fingerprint density at radius 3 is 2.44 bits per heavy atom. The van der Waals surface area contributed by atoms with Gasteiger partial charge in [-0.3, -0.25) is 0 Å². The lowest BCUT2D eigenvalue weighted by atomic mass is 10.1. The third kappa shape index (κ3) is 1.73. The van der Waals surface area contributed by atoms with Crippen molar-refractivity contribution in [2.75, 3.05) is 5.73 Å². The fraction of sp³-hybridized carbons (Fsp3) is 0.0833. The number of nitrogens with zero attached hydrogens (tertiary/aromatic N) is 1. The SMILES string of the molecule is Cc1c(-c2ccc(F)c(F)c2F)sc(C#N)c1N. The van der Waals surface area contributed by atoms with Gasteiger partial charge in [0.25, 0.3) is 0 Å². The van der Waals surface area contributed by atoms with Crippen LogP contribution in [0.5, 0.6) is 0 Å². The molecule has 6 heteroatoms. The van der Waals surface area contributed by atoms with Crippen LogP contribution < -0.4 is 5.73 Å². The molecule has 18 heavy (non-hydrogen) atoms. The standard InChI is InChI=1S/C12H7F3N2S/c1-5-11(17)8(4-16)18-12(5)6-2-3-7(13)10(15)9(6)14/h2-3H,17H2,1H3. The second kappa shape index (κ2) is 4.35. The normalized spacial score (nSPS) is 10.4. The highest BCUT2D eigenvalue weighted by atomic mass is 32.1. The van der Waals surface area contributed by atoms with Crippen LogP contribution in [0.25, 0.3) is 10.4 Å². The quantitative estimate of drug-likeness (QED) is 0.803. The van der Waals surface area contributed by atoms with Crippen molar-refractivity contribution in [1.82, 2.24) is 0 Å². The first-order valence-corrected chi connectivity index (χ1v) is 5.71. The molecule has 2 rings (SSSR count). The largest absolute Gasteiger partial charge is 0.397 e. The molecule has 0 saturated carbocycles. The van der Waals surface area contributed by atoms with Gasteiger partial charge in [0.05, 0.1) is 5.69 Å². The van der Waals surface area contributed by atoms with Crippen LogP contribution in [0, 0.1) is 35.7 Å². The van der Waals surface area contributed by atoms with E-state index in [1.807, 2.05) is 6.07 Å². The van der Waals surface area contributed by atoms with E-state index in [2.05, 4.69) is 0 Å². The molecule has 1 heterocycles. The molecule has 2 nitrogen and oxygen atoms in total. The lowest BCUT2D eigenvalue weighted by Crippen LogP contribution is -1.94. The van der Waals surface area contributed by atoms with Gasteiger partial charge in [-0.1, -0.05) is 0 Å². The summed E-state index contributed by atoms with van der Waals surface area (Å²) in [6.07, 6.45) is 0. The van der Waals surface area contributed by atoms with Crippen molar-refractivity contribution in [3.05, 3.63) is 40.0 Å². The summed E-state index contributed by atoms with van der Waals surface area (Å²) >= 11 is 0.953. The minimum atomic E-state index is -1.53. The number of hydrogen-bond donors (Lipinski definition) is 1. The summed E-state index contributed by atoms with van der Waals surface area (Å²) in [7, 11) is 0. The first kappa shape index (κ1) is 12.5. The molecular weight excluding hydrogens is 261 g/mol. The zero-order valence-corrected chi connectivity index (χ0v) is 10.0. The van der Waals surface area contributed by atoms with Gasteiger partial charge < -0.3 is 5.73 Å². The average Bonchev–Trinajstić information content (AvgIpc) is 2.64. The Balaban J connectivity index is 2.71. The van der Waals surface area contributed by atoms with Crippen LogP contribution in [0.4, 0.5) is 18.9 Å². The van der Waals surface area contributed by atoms with Gasteiger partial charge in [0.1, 0.15) is 10.9 Å². The summed E-state index contributed by atoms with van der Waals surface area (Å²) in [5.41, 5.74) is 6.30. The summed E-state index contributed by atoms with van der Waals surface area (Å²) in [5, 5.41) is 8.82. The van der Waals surface area contributed by atoms with E-state index in [-0.39, 0.29) is 16.1 Å². The molecule has 0 aliphatic rings. The van der Waals surface area contributed by atoms with Crippen molar-refractivity contribution in [3.8, 4) is 16.5 Å². The predicted molar refractivity (Wildman–Crippen MR) is 63.5 cm³/mol. The summed E-state index contributed by atoms with van der Waals surface area (Å²) in [5.74, 6) is -4.06. The molecule has 2 aromatic rings. The number of nitriles is 1. The molecule has 0 spiro atoms. The highest BCUT2D eigenvalue weighted by molar-refractivity contribution is 7.16. The van der Waals surface area contributed by atoms with Gasteiger partial charge in [0.2, 0.25) is 0 Å². The predicted octanol–water partition coefficient (Wildman–Crippen LogP) is 3.59. The molecule has 2 N–H and O–H groups in total. The van der Waals surface area contributed by atoms with Gasteiger partial charge in [-0.2, -0.15) is 5.26 Å². The maximum absolute atomic E-state index is 13.6. The smallest absolute Gasteiger partial charge is 0.195 e. The molecule has 0 radical (unpaired) electrons. The Morgan fingerprint density at radius 1 is 1.22 bits per heavy atom. The molecule has 0 unspecified atom stereocenters. The highest BCUT2D eigenvalue weighted by Crippen LogP contribution is 2.39. The number of nitrogen functional groups attached to an aromatic ring is 1. The number of nitrogens with two attached hydrogens (primary N) is 1. The monoisotopic (exact) mass is 268 g/mol. The zero-order valence-electron chi connectivity index (χ0n) is 9.22. The molecule has 0 atom stereocenters. The molecule has 0 bridgehead atoms. The molecule has 1 aromatic heterocycles. The number of thiophene rings is 1. The van der Waals surface area contributed by atoms with E-state index < -0.39 is 17.5 Å². The first-order chi connectivity index (χ1) is 8.47. The Hall–Kier alpha value is -2.00. The van der Waals surface area contributed by atoms with Crippen molar-refractivity contribution in [3.63, 3.8) is 0 Å². The van der Waals surface area contributed by atoms with E-state index in [1.54, 1.807) is 6.92 Å². The lowest BCUT2D eigenvalue weighted by Gasteiger charge is -2.03. The molecule has 0 saturated heterocycles. The zero-order chi connectivity index (χ0) is 13.4. The van der Waals surface area contributed by atoms with E-state index in [4.69, 9.17) is 11.0 Å². The van der Waals surface area contributed by atoms with Gasteiger partial charge in [0.15, 0.2) is 17.5 Å². The van der Waals surface area contributed by atoms with E-state index in [0.29, 0.717) is 10.4 Å². The second-order valence-electron chi connectivity index (χ2n) is 3.63. The molecule has 1 aromatic carbocycles. The molecular formula is C12H7F3N2S. The molecule has 0 aliphatic carbocycles. The summed E-state index contributed by atoms with van der Waals surface area (Å²) in [6, 6.07) is 3.85. The van der Waals surface area contributed by atoms with Gasteiger partial charge in [0, 0.05) is 10.4 Å². The van der Waals surface area contributed by atoms with Crippen molar-refractivity contribution in [2.24, 2.45) is 0 Å². The van der Waals surface area contributed by atoms with Crippen LogP contribution in [-0.2, 0) is 0 Å². The number of anilines is 1. The van der Waals surface area contributed by atoms with Crippen molar-refractivity contribution >= 4 is 17.0 Å². The van der Waals surface area contributed by atoms with Crippen LogP contribution >= 0.6 is 11.3 Å². The number of rotatable bonds is 1. The van der Waals surface area contributed by atoms with Crippen LogP contribution in [0.1, 0.15) is 10.4 Å². The second-order valence-corrected chi connectivity index (χ2v) is 4.65. The van der Waals surface area contributed by atoms with E-state index in [1.165, 1.54) is 0 Å². The van der Waals surface area contributed by atoms with Crippen molar-refractivity contribution in [1.29, 1.82) is 5.26 Å². The minimum absolute atomic E-state index is 0.0930. The maximum atomic E-state index is 13.6. The average molecular weight is 268 g/mol. The van der Waals surface area contributed by atoms with Crippen LogP contribution in [0.3, 0.4) is 0 Å². The third-order valence-corrected chi connectivity index (χ3v) is 3.82. The van der Waals surface area contributed by atoms with Gasteiger partial charge in [-0.25, -0.2) is 13.2 Å². The Kier molecular flexibility index (Phi) is 3.01. The molecule has 92 valence electrons. The van der Waals surface area contributed by atoms with Crippen LogP contribution in [-0.4, -0.2) is 0 Å². The fourth-order valence-electron chi connectivity index (χ4n) is 1.57. The summed E-state index contributed by atoms with van der Waals surface area (Å²) in [6.45, 7) is 1.60. The summed E-state index contributed by atoms with van der Waals surface area (Å²) in [4.78, 5) is 0.562. The molecule has 0 amide bonds. The van der Waals surface area contributed by atoms with Crippen molar-refractivity contribution in [2.45, 2.75) is 6.92 Å². The van der Waals surface area contributed by atoms with Crippen LogP contribution in [0.15, 0.2) is 12.1 Å². The number of hydrogen-bond acceptors (Lipinski definition) is 3. The first-order valence-electron chi connectivity index (χ1n) is 4.90. The van der Waals surface area contributed by atoms with E-state index >= 15 is 0 Å². The van der Waals surface area contributed by atoms with Crippen molar-refractivity contribution < 1.29 is 13.2 Å². The molecule has 0 fully saturated rings. The van der Waals surface area contributed by atoms with Gasteiger partial charge >= 0.3 is 0 Å². The van der Waals surface area contributed by atoms with Gasteiger partial charge in [-0.05, 0) is 24.6 Å². The van der Waals surface area contributed by atoms with Gasteiger partial charge in [-0.15, -0.1) is 11.3 Å². The van der Waals surface area contributed by atoms with E-state index in [0.717, 1.165) is 23.5 Å². The lowest BCUT2D eigenvalue weighted by molar-refractivity contribution is 0.449. The third-order valence-electron chi connectivity index (χ3n) is 2.57. The summed E-state index contributed by atoms with van der Waals surface area (Å²) < 4.78 is 39.6.